The average molecular weight is 529 g/mol. The SMILES string of the molecule is C(/Nc1ccccc1)=C1\CC/C(=C\Nc2ccccc2)C1=[N+](c1ccccc1)c1ccccc1.F[B-](F)(F)F. The summed E-state index contributed by atoms with van der Waals surface area (Å²) in [6.07, 6.45) is 6.25. The number of anilines is 2. The first-order chi connectivity index (χ1) is 18.9. The maximum absolute atomic E-state index is 9.75. The zero-order chi connectivity index (χ0) is 27.5. The van der Waals surface area contributed by atoms with Crippen molar-refractivity contribution in [3.8, 4) is 0 Å². The van der Waals surface area contributed by atoms with Crippen molar-refractivity contribution in [2.75, 3.05) is 10.6 Å². The molecular formula is C31H28BF4N3. The molecule has 0 unspecified atom stereocenters. The number of halogens is 4. The zero-order valence-electron chi connectivity index (χ0n) is 21.2. The van der Waals surface area contributed by atoms with Gasteiger partial charge in [-0.15, -0.1) is 0 Å². The van der Waals surface area contributed by atoms with E-state index in [2.05, 4.69) is 137 Å². The minimum Gasteiger partial charge on any atom is -0.418 e. The Kier molecular flexibility index (Phi) is 9.35. The molecule has 1 fully saturated rings. The van der Waals surface area contributed by atoms with E-state index in [4.69, 9.17) is 0 Å². The van der Waals surface area contributed by atoms with Crippen LogP contribution in [0.2, 0.25) is 0 Å². The molecule has 0 aromatic heterocycles. The van der Waals surface area contributed by atoms with Crippen LogP contribution in [-0.4, -0.2) is 13.0 Å². The van der Waals surface area contributed by atoms with Gasteiger partial charge in [-0.05, 0) is 37.1 Å². The first-order valence-electron chi connectivity index (χ1n) is 12.5. The topological polar surface area (TPSA) is 27.1 Å². The van der Waals surface area contributed by atoms with E-state index in [1.54, 1.807) is 0 Å². The molecule has 4 aromatic rings. The maximum atomic E-state index is 9.75. The molecule has 0 radical (unpaired) electrons. The Morgan fingerprint density at radius 1 is 0.513 bits per heavy atom. The van der Waals surface area contributed by atoms with Crippen LogP contribution in [0.1, 0.15) is 12.8 Å². The first-order valence-corrected chi connectivity index (χ1v) is 12.5. The quantitative estimate of drug-likeness (QED) is 0.148. The monoisotopic (exact) mass is 529 g/mol. The summed E-state index contributed by atoms with van der Waals surface area (Å²) in [5.74, 6) is 0. The van der Waals surface area contributed by atoms with Crippen LogP contribution in [0.5, 0.6) is 0 Å². The van der Waals surface area contributed by atoms with Crippen molar-refractivity contribution in [3.05, 3.63) is 145 Å². The standard InChI is InChI=1S/C31H27N3.BF4/c1-5-13-27(14-6-1)32-23-25-21-22-26(24-33-28-15-7-2-8-16-28)31(25)34(29-17-9-3-10-18-29)30-19-11-4-12-20-30;2-1(3,4)5/h1-20,23-24H,21-22H2,(H,32,33);/q;-1/p+1. The lowest BCUT2D eigenvalue weighted by Crippen LogP contribution is -2.18. The third-order valence-electron chi connectivity index (χ3n) is 5.90. The lowest BCUT2D eigenvalue weighted by molar-refractivity contribution is 0.368. The molecule has 0 bridgehead atoms. The molecule has 39 heavy (non-hydrogen) atoms. The summed E-state index contributed by atoms with van der Waals surface area (Å²) >= 11 is 0. The van der Waals surface area contributed by atoms with Gasteiger partial charge < -0.3 is 27.9 Å². The van der Waals surface area contributed by atoms with Crippen molar-refractivity contribution in [2.45, 2.75) is 12.8 Å². The van der Waals surface area contributed by atoms with Crippen molar-refractivity contribution < 1.29 is 17.3 Å². The third kappa shape index (κ3) is 8.47. The van der Waals surface area contributed by atoms with Crippen molar-refractivity contribution >= 4 is 35.7 Å². The van der Waals surface area contributed by atoms with E-state index in [9.17, 15) is 17.3 Å². The van der Waals surface area contributed by atoms with E-state index >= 15 is 0 Å². The zero-order valence-corrected chi connectivity index (χ0v) is 21.2. The van der Waals surface area contributed by atoms with Crippen molar-refractivity contribution in [1.29, 1.82) is 0 Å². The van der Waals surface area contributed by atoms with Crippen LogP contribution in [0.4, 0.5) is 40.0 Å². The highest BCUT2D eigenvalue weighted by Crippen LogP contribution is 2.32. The molecule has 3 nitrogen and oxygen atoms in total. The number of allylic oxidation sites excluding steroid dienone is 2. The van der Waals surface area contributed by atoms with Gasteiger partial charge in [-0.25, -0.2) is 0 Å². The number of rotatable bonds is 6. The fourth-order valence-electron chi connectivity index (χ4n) is 4.25. The lowest BCUT2D eigenvalue weighted by Gasteiger charge is -2.10. The van der Waals surface area contributed by atoms with E-state index in [1.165, 1.54) is 16.9 Å². The van der Waals surface area contributed by atoms with Crippen LogP contribution in [0, 0.1) is 0 Å². The Balaban J connectivity index is 0.000000648. The second-order valence-corrected chi connectivity index (χ2v) is 8.71. The number of hydrogen-bond acceptors (Lipinski definition) is 2. The lowest BCUT2D eigenvalue weighted by atomic mass is 10.1. The number of para-hydroxylation sites is 4. The van der Waals surface area contributed by atoms with Crippen LogP contribution >= 0.6 is 0 Å². The van der Waals surface area contributed by atoms with Crippen LogP contribution in [0.15, 0.2) is 145 Å². The Hall–Kier alpha value is -4.59. The van der Waals surface area contributed by atoms with Gasteiger partial charge in [-0.2, -0.15) is 4.58 Å². The summed E-state index contributed by atoms with van der Waals surface area (Å²) in [6.45, 7) is 0. The second kappa shape index (κ2) is 13.3. The molecule has 0 aliphatic heterocycles. The molecule has 1 aliphatic rings. The van der Waals surface area contributed by atoms with Crippen LogP contribution in [0.25, 0.3) is 0 Å². The molecule has 5 rings (SSSR count). The molecule has 1 aliphatic carbocycles. The number of nitrogens with zero attached hydrogens (tertiary/aromatic N) is 1. The summed E-state index contributed by atoms with van der Waals surface area (Å²) in [6, 6.07) is 41.8. The highest BCUT2D eigenvalue weighted by molar-refractivity contribution is 6.50. The average Bonchev–Trinajstić information content (AvgIpc) is 3.34. The maximum Gasteiger partial charge on any atom is 0.673 e. The fraction of sp³-hybridized carbons (Fsp3) is 0.0645. The molecule has 0 saturated heterocycles. The van der Waals surface area contributed by atoms with E-state index in [0.29, 0.717) is 0 Å². The third-order valence-corrected chi connectivity index (χ3v) is 5.90. The number of benzene rings is 4. The van der Waals surface area contributed by atoms with Crippen molar-refractivity contribution in [2.24, 2.45) is 0 Å². The molecule has 0 atom stereocenters. The molecule has 2 N–H and O–H groups in total. The summed E-state index contributed by atoms with van der Waals surface area (Å²) in [5, 5.41) is 7.02. The second-order valence-electron chi connectivity index (χ2n) is 8.71. The van der Waals surface area contributed by atoms with Gasteiger partial charge in [0.15, 0.2) is 0 Å². The predicted molar refractivity (Wildman–Crippen MR) is 155 cm³/mol. The van der Waals surface area contributed by atoms with E-state index in [1.807, 2.05) is 12.1 Å². The Bertz CT molecular complexity index is 1310. The first kappa shape index (κ1) is 27.4. The molecule has 198 valence electrons. The summed E-state index contributed by atoms with van der Waals surface area (Å²) in [7, 11) is -6.00. The van der Waals surface area contributed by atoms with E-state index in [0.717, 1.165) is 35.6 Å². The smallest absolute Gasteiger partial charge is 0.418 e. The Morgan fingerprint density at radius 3 is 1.15 bits per heavy atom. The minimum absolute atomic E-state index is 0.966. The fourth-order valence-corrected chi connectivity index (χ4v) is 4.25. The van der Waals surface area contributed by atoms with Crippen molar-refractivity contribution in [1.82, 2.24) is 4.58 Å². The van der Waals surface area contributed by atoms with Gasteiger partial charge in [0.05, 0.1) is 0 Å². The van der Waals surface area contributed by atoms with Crippen LogP contribution in [0.3, 0.4) is 0 Å². The molecule has 0 amide bonds. The molecule has 1 saturated carbocycles. The number of hydrogen-bond donors (Lipinski definition) is 2. The van der Waals surface area contributed by atoms with Crippen molar-refractivity contribution in [3.63, 3.8) is 0 Å². The van der Waals surface area contributed by atoms with Crippen LogP contribution in [-0.2, 0) is 0 Å². The Labute approximate surface area is 226 Å². The van der Waals surface area contributed by atoms with Gasteiger partial charge in [0.1, 0.15) is 0 Å². The number of nitrogens with one attached hydrogen (secondary N) is 2. The summed E-state index contributed by atoms with van der Waals surface area (Å²) in [4.78, 5) is 0. The summed E-state index contributed by atoms with van der Waals surface area (Å²) in [5.41, 5.74) is 8.21. The summed E-state index contributed by atoms with van der Waals surface area (Å²) < 4.78 is 41.4. The van der Waals surface area contributed by atoms with Gasteiger partial charge in [0.2, 0.25) is 17.1 Å². The normalized spacial score (nSPS) is 15.0. The highest BCUT2D eigenvalue weighted by Gasteiger charge is 2.32. The van der Waals surface area contributed by atoms with Gasteiger partial charge in [0, 0.05) is 59.2 Å². The van der Waals surface area contributed by atoms with E-state index < -0.39 is 7.25 Å². The van der Waals surface area contributed by atoms with Gasteiger partial charge in [0.25, 0.3) is 0 Å². The molecular weight excluding hydrogens is 501 g/mol. The molecule has 0 spiro atoms. The van der Waals surface area contributed by atoms with Gasteiger partial charge in [-0.1, -0.05) is 72.8 Å². The van der Waals surface area contributed by atoms with Gasteiger partial charge in [-0.3, -0.25) is 0 Å². The molecule has 8 heteroatoms. The Morgan fingerprint density at radius 2 is 0.821 bits per heavy atom. The van der Waals surface area contributed by atoms with Gasteiger partial charge >= 0.3 is 7.25 Å². The van der Waals surface area contributed by atoms with Crippen LogP contribution < -0.4 is 15.2 Å². The molecule has 0 heterocycles. The largest absolute Gasteiger partial charge is 0.673 e. The van der Waals surface area contributed by atoms with E-state index in [-0.39, 0.29) is 0 Å². The predicted octanol–water partition coefficient (Wildman–Crippen LogP) is 9.05. The highest BCUT2D eigenvalue weighted by atomic mass is 19.5. The minimum atomic E-state index is -6.00. The molecule has 4 aromatic carbocycles.